The molecule has 2 nitrogen and oxygen atoms in total. The number of hydrogen-bond donors (Lipinski definition) is 0. The lowest BCUT2D eigenvalue weighted by Crippen LogP contribution is -2.26. The van der Waals surface area contributed by atoms with Gasteiger partial charge >= 0.3 is 0 Å². The van der Waals surface area contributed by atoms with Gasteiger partial charge in [0.2, 0.25) is 0 Å². The fraction of sp³-hybridized carbons (Fsp3) is 0.600. The van der Waals surface area contributed by atoms with Gasteiger partial charge in [0, 0.05) is 19.4 Å². The molecule has 0 bridgehead atoms. The van der Waals surface area contributed by atoms with Crippen LogP contribution in [0.5, 0.6) is 0 Å². The zero-order valence-electron chi connectivity index (χ0n) is 5.00. The van der Waals surface area contributed by atoms with Gasteiger partial charge in [-0.1, -0.05) is 0 Å². The molecule has 0 aromatic carbocycles. The number of hydrogen-bond acceptors (Lipinski definition) is 2. The summed E-state index contributed by atoms with van der Waals surface area (Å²) in [7, 11) is 2.07. The molecular formula is C5H9IN2. The third-order valence-corrected chi connectivity index (χ3v) is 2.52. The Morgan fingerprint density at radius 2 is 2.12 bits per heavy atom. The fourth-order valence-electron chi connectivity index (χ4n) is 0.592. The van der Waals surface area contributed by atoms with Crippen molar-refractivity contribution in [2.75, 3.05) is 7.05 Å². The molecule has 0 aliphatic carbocycles. The van der Waals surface area contributed by atoms with Crippen molar-refractivity contribution >= 4 is 22.9 Å². The summed E-state index contributed by atoms with van der Waals surface area (Å²) in [6.07, 6.45) is 4.65. The molecule has 0 unspecified atom stereocenters. The zero-order chi connectivity index (χ0) is 6.15. The van der Waals surface area contributed by atoms with E-state index in [2.05, 4.69) is 57.2 Å². The van der Waals surface area contributed by atoms with Gasteiger partial charge in [0.15, 0.2) is 0 Å². The predicted molar refractivity (Wildman–Crippen MR) is 42.2 cm³/mol. The predicted octanol–water partition coefficient (Wildman–Crippen LogP) is 1.40. The Bertz CT molecular complexity index is 101. The maximum Gasteiger partial charge on any atom is 0.107 e. The van der Waals surface area contributed by atoms with Crippen LogP contribution in [0.1, 0.15) is 6.92 Å². The highest BCUT2D eigenvalue weighted by Gasteiger charge is 2.14. The van der Waals surface area contributed by atoms with E-state index in [4.69, 9.17) is 0 Å². The second kappa shape index (κ2) is 2.13. The summed E-state index contributed by atoms with van der Waals surface area (Å²) < 4.78 is 2.14. The smallest absolute Gasteiger partial charge is 0.107 e. The molecule has 8 heavy (non-hydrogen) atoms. The van der Waals surface area contributed by atoms with Crippen LogP contribution < -0.4 is 0 Å². The van der Waals surface area contributed by atoms with Crippen LogP contribution in [0, 0.1) is 0 Å². The monoisotopic (exact) mass is 224 g/mol. The summed E-state index contributed by atoms with van der Waals surface area (Å²) in [5.74, 6) is 0. The van der Waals surface area contributed by atoms with Crippen LogP contribution in [-0.4, -0.2) is 21.2 Å². The van der Waals surface area contributed by atoms with Gasteiger partial charge in [0.1, 0.15) is 6.17 Å². The third kappa shape index (κ3) is 0.913. The summed E-state index contributed by atoms with van der Waals surface area (Å²) in [5, 5.41) is 0. The molecule has 0 aromatic rings. The van der Waals surface area contributed by atoms with Gasteiger partial charge in [-0.15, -0.1) is 0 Å². The minimum atomic E-state index is 0.524. The second-order valence-electron chi connectivity index (χ2n) is 1.94. The Morgan fingerprint density at radius 3 is 2.25 bits per heavy atom. The fourth-order valence-corrected chi connectivity index (χ4v) is 1.13. The van der Waals surface area contributed by atoms with Crippen LogP contribution in [-0.2, 0) is 0 Å². The summed E-state index contributed by atoms with van der Waals surface area (Å²) in [6, 6.07) is 0. The van der Waals surface area contributed by atoms with E-state index in [1.54, 1.807) is 0 Å². The number of nitrogens with zero attached hydrogens (tertiary/aromatic N) is 2. The van der Waals surface area contributed by atoms with Gasteiger partial charge < -0.3 is 4.90 Å². The Balaban J connectivity index is 2.55. The lowest BCUT2D eigenvalue weighted by molar-refractivity contribution is 0.301. The molecule has 1 heterocycles. The molecule has 1 aliphatic heterocycles. The van der Waals surface area contributed by atoms with Gasteiger partial charge in [-0.3, -0.25) is 3.11 Å². The first-order chi connectivity index (χ1) is 3.72. The van der Waals surface area contributed by atoms with Gasteiger partial charge in [0.05, 0.1) is 22.9 Å². The van der Waals surface area contributed by atoms with Crippen molar-refractivity contribution in [3.8, 4) is 0 Å². The highest BCUT2D eigenvalue weighted by Crippen LogP contribution is 2.16. The molecule has 0 N–H and O–H groups in total. The molecule has 0 saturated heterocycles. The second-order valence-corrected chi connectivity index (χ2v) is 3.05. The largest absolute Gasteiger partial charge is 0.359 e. The van der Waals surface area contributed by atoms with Crippen LogP contribution in [0.2, 0.25) is 0 Å². The van der Waals surface area contributed by atoms with Crippen molar-refractivity contribution < 1.29 is 0 Å². The lowest BCUT2D eigenvalue weighted by Gasteiger charge is -2.20. The first-order valence-electron chi connectivity index (χ1n) is 2.56. The lowest BCUT2D eigenvalue weighted by atomic mass is 10.6. The third-order valence-electron chi connectivity index (χ3n) is 1.39. The van der Waals surface area contributed by atoms with Crippen LogP contribution in [0.15, 0.2) is 12.4 Å². The topological polar surface area (TPSA) is 6.48 Å². The van der Waals surface area contributed by atoms with Gasteiger partial charge in [-0.2, -0.15) is 0 Å². The standard InChI is InChI=1S/C5H9IN2/c1-5-7(2)3-4-8(5)6/h3-5H,1-2H3/t5-/m0/s1. The number of halogens is 1. The van der Waals surface area contributed by atoms with E-state index in [-0.39, 0.29) is 0 Å². The maximum atomic E-state index is 2.28. The van der Waals surface area contributed by atoms with Crippen LogP contribution in [0.25, 0.3) is 0 Å². The first-order valence-corrected chi connectivity index (χ1v) is 3.52. The summed E-state index contributed by atoms with van der Waals surface area (Å²) >= 11 is 2.28. The normalized spacial score (nSPS) is 27.6. The van der Waals surface area contributed by atoms with Gasteiger partial charge in [-0.05, 0) is 6.92 Å². The molecule has 3 heteroatoms. The van der Waals surface area contributed by atoms with Crippen LogP contribution in [0.3, 0.4) is 0 Å². The van der Waals surface area contributed by atoms with Crippen molar-refractivity contribution in [2.24, 2.45) is 0 Å². The zero-order valence-corrected chi connectivity index (χ0v) is 7.16. The Labute approximate surface area is 63.6 Å². The molecule has 0 aromatic heterocycles. The molecule has 1 atom stereocenters. The molecule has 0 saturated carbocycles. The minimum absolute atomic E-state index is 0.524. The van der Waals surface area contributed by atoms with Crippen molar-refractivity contribution in [1.29, 1.82) is 0 Å². The molecule has 1 aliphatic rings. The number of rotatable bonds is 0. The van der Waals surface area contributed by atoms with E-state index in [1.165, 1.54) is 0 Å². The van der Waals surface area contributed by atoms with E-state index in [0.717, 1.165) is 0 Å². The summed E-state index contributed by atoms with van der Waals surface area (Å²) in [4.78, 5) is 2.16. The van der Waals surface area contributed by atoms with E-state index in [9.17, 15) is 0 Å². The average molecular weight is 224 g/mol. The van der Waals surface area contributed by atoms with E-state index in [0.29, 0.717) is 6.17 Å². The minimum Gasteiger partial charge on any atom is -0.359 e. The van der Waals surface area contributed by atoms with Crippen LogP contribution in [0.4, 0.5) is 0 Å². The van der Waals surface area contributed by atoms with Crippen molar-refractivity contribution in [2.45, 2.75) is 13.1 Å². The van der Waals surface area contributed by atoms with Crippen molar-refractivity contribution in [3.63, 3.8) is 0 Å². The van der Waals surface area contributed by atoms with Crippen LogP contribution >= 0.6 is 22.9 Å². The molecule has 0 spiro atoms. The highest BCUT2D eigenvalue weighted by molar-refractivity contribution is 14.1. The average Bonchev–Trinajstić information content (AvgIpc) is 1.98. The molecule has 46 valence electrons. The Hall–Kier alpha value is 0.0700. The van der Waals surface area contributed by atoms with Crippen molar-refractivity contribution in [1.82, 2.24) is 8.01 Å². The Kier molecular flexibility index (Phi) is 1.65. The molecule has 0 fully saturated rings. The first kappa shape index (κ1) is 6.19. The van der Waals surface area contributed by atoms with Crippen molar-refractivity contribution in [3.05, 3.63) is 12.4 Å². The quantitative estimate of drug-likeness (QED) is 0.453. The molecular weight excluding hydrogens is 215 g/mol. The van der Waals surface area contributed by atoms with Gasteiger partial charge in [-0.25, -0.2) is 0 Å². The Morgan fingerprint density at radius 1 is 1.50 bits per heavy atom. The highest BCUT2D eigenvalue weighted by atomic mass is 127. The summed E-state index contributed by atoms with van der Waals surface area (Å²) in [5.41, 5.74) is 0. The van der Waals surface area contributed by atoms with E-state index < -0.39 is 0 Å². The molecule has 0 radical (unpaired) electrons. The SMILES string of the molecule is C[C@H]1N(C)C=CN1I. The van der Waals surface area contributed by atoms with E-state index in [1.807, 2.05) is 0 Å². The molecule has 1 rings (SSSR count). The maximum absolute atomic E-state index is 2.28. The van der Waals surface area contributed by atoms with Gasteiger partial charge in [0.25, 0.3) is 0 Å². The van der Waals surface area contributed by atoms with E-state index >= 15 is 0 Å². The molecule has 0 amide bonds. The summed E-state index contributed by atoms with van der Waals surface area (Å²) in [6.45, 7) is 2.16.